The van der Waals surface area contributed by atoms with Gasteiger partial charge in [0.2, 0.25) is 0 Å². The number of aromatic nitrogens is 2. The van der Waals surface area contributed by atoms with Gasteiger partial charge in [-0.2, -0.15) is 0 Å². The van der Waals surface area contributed by atoms with Crippen molar-refractivity contribution in [3.63, 3.8) is 0 Å². The lowest BCUT2D eigenvalue weighted by molar-refractivity contribution is 0.0989. The summed E-state index contributed by atoms with van der Waals surface area (Å²) in [4.78, 5) is 16.2. The molecular formula is C13H12ClFN2O. The van der Waals surface area contributed by atoms with Crippen LogP contribution < -0.4 is 0 Å². The Labute approximate surface area is 109 Å². The first-order valence-corrected chi connectivity index (χ1v) is 5.98. The van der Waals surface area contributed by atoms with Crippen LogP contribution in [-0.4, -0.2) is 15.3 Å². The largest absolute Gasteiger partial charge is 0.335 e. The summed E-state index contributed by atoms with van der Waals surface area (Å²) in [7, 11) is 0. The molecule has 2 aromatic rings. The van der Waals surface area contributed by atoms with Crippen molar-refractivity contribution in [2.24, 2.45) is 0 Å². The zero-order valence-electron chi connectivity index (χ0n) is 9.86. The fraction of sp³-hybridized carbons (Fsp3) is 0.231. The van der Waals surface area contributed by atoms with Gasteiger partial charge in [0.25, 0.3) is 0 Å². The molecule has 1 heterocycles. The molecule has 18 heavy (non-hydrogen) atoms. The fourth-order valence-electron chi connectivity index (χ4n) is 1.75. The number of imidazole rings is 1. The monoisotopic (exact) mass is 266 g/mol. The van der Waals surface area contributed by atoms with Gasteiger partial charge in [0.05, 0.1) is 11.4 Å². The van der Waals surface area contributed by atoms with Crippen LogP contribution in [0.25, 0.3) is 0 Å². The number of nitrogens with zero attached hydrogens (tertiary/aromatic N) is 2. The molecule has 2 rings (SSSR count). The minimum atomic E-state index is -0.582. The number of benzene rings is 1. The summed E-state index contributed by atoms with van der Waals surface area (Å²) in [5.74, 6) is -0.162. The Morgan fingerprint density at radius 1 is 1.50 bits per heavy atom. The molecule has 0 radical (unpaired) electrons. The van der Waals surface area contributed by atoms with Crippen molar-refractivity contribution < 1.29 is 9.18 Å². The number of aryl methyl sites for hydroxylation is 1. The van der Waals surface area contributed by atoms with E-state index in [1.54, 1.807) is 12.4 Å². The summed E-state index contributed by atoms with van der Waals surface area (Å²) in [6, 6.07) is 4.22. The number of hydrogen-bond acceptors (Lipinski definition) is 2. The molecule has 0 aliphatic carbocycles. The molecule has 3 nitrogen and oxygen atoms in total. The molecule has 0 amide bonds. The Bertz CT molecular complexity index is 580. The highest BCUT2D eigenvalue weighted by atomic mass is 35.5. The molecule has 0 unspecified atom stereocenters. The molecular weight excluding hydrogens is 255 g/mol. The Morgan fingerprint density at radius 2 is 2.28 bits per heavy atom. The summed E-state index contributed by atoms with van der Waals surface area (Å²) in [6.07, 6.45) is 3.55. The van der Waals surface area contributed by atoms with Gasteiger partial charge in [-0.3, -0.25) is 4.79 Å². The zero-order chi connectivity index (χ0) is 13.1. The second kappa shape index (κ2) is 5.31. The summed E-state index contributed by atoms with van der Waals surface area (Å²) in [5.41, 5.74) is 0.197. The van der Waals surface area contributed by atoms with Crippen molar-refractivity contribution in [3.05, 3.63) is 52.8 Å². The number of carbonyl (C=O) groups is 1. The van der Waals surface area contributed by atoms with Crippen molar-refractivity contribution in [3.8, 4) is 0 Å². The van der Waals surface area contributed by atoms with Crippen molar-refractivity contribution in [2.75, 3.05) is 0 Å². The number of halogens is 2. The number of ketones is 1. The number of hydrogen-bond donors (Lipinski definition) is 0. The summed E-state index contributed by atoms with van der Waals surface area (Å²) < 4.78 is 15.1. The zero-order valence-corrected chi connectivity index (χ0v) is 10.6. The second-order valence-electron chi connectivity index (χ2n) is 3.83. The molecule has 0 N–H and O–H groups in total. The third-order valence-corrected chi connectivity index (χ3v) is 3.10. The lowest BCUT2D eigenvalue weighted by Gasteiger charge is -2.06. The van der Waals surface area contributed by atoms with Gasteiger partial charge in [-0.25, -0.2) is 9.37 Å². The van der Waals surface area contributed by atoms with Gasteiger partial charge < -0.3 is 4.57 Å². The van der Waals surface area contributed by atoms with E-state index < -0.39 is 5.82 Å². The molecule has 0 fully saturated rings. The minimum absolute atomic E-state index is 0.115. The predicted octanol–water partition coefficient (Wildman–Crippen LogP) is 3.12. The molecule has 94 valence electrons. The first kappa shape index (κ1) is 12.8. The first-order chi connectivity index (χ1) is 8.63. The highest BCUT2D eigenvalue weighted by Gasteiger charge is 2.15. The van der Waals surface area contributed by atoms with Gasteiger partial charge >= 0.3 is 0 Å². The molecule has 1 aromatic heterocycles. The van der Waals surface area contributed by atoms with Crippen LogP contribution in [0.3, 0.4) is 0 Å². The number of Topliss-reactive ketones (excluding diaryl/α,β-unsaturated/α-hetero) is 1. The van der Waals surface area contributed by atoms with E-state index in [0.29, 0.717) is 5.82 Å². The van der Waals surface area contributed by atoms with E-state index in [0.717, 1.165) is 6.54 Å². The molecule has 5 heteroatoms. The highest BCUT2D eigenvalue weighted by Crippen LogP contribution is 2.21. The Hall–Kier alpha value is -1.68. The smallest absolute Gasteiger partial charge is 0.171 e. The lowest BCUT2D eigenvalue weighted by Crippen LogP contribution is -2.10. The molecule has 1 aromatic carbocycles. The quantitative estimate of drug-likeness (QED) is 0.797. The van der Waals surface area contributed by atoms with Crippen LogP contribution >= 0.6 is 11.6 Å². The van der Waals surface area contributed by atoms with Crippen molar-refractivity contribution >= 4 is 17.4 Å². The Kier molecular flexibility index (Phi) is 3.77. The van der Waals surface area contributed by atoms with E-state index in [2.05, 4.69) is 4.98 Å². The highest BCUT2D eigenvalue weighted by molar-refractivity contribution is 6.34. The Balaban J connectivity index is 2.25. The van der Waals surface area contributed by atoms with Gasteiger partial charge in [0.1, 0.15) is 11.6 Å². The topological polar surface area (TPSA) is 34.9 Å². The van der Waals surface area contributed by atoms with Gasteiger partial charge in [-0.1, -0.05) is 17.7 Å². The Morgan fingerprint density at radius 3 is 3.00 bits per heavy atom. The predicted molar refractivity (Wildman–Crippen MR) is 67.3 cm³/mol. The van der Waals surface area contributed by atoms with Crippen molar-refractivity contribution in [1.29, 1.82) is 0 Å². The molecule has 0 aliphatic rings. The molecule has 0 atom stereocenters. The van der Waals surface area contributed by atoms with Crippen LogP contribution in [0.2, 0.25) is 5.02 Å². The van der Waals surface area contributed by atoms with Gasteiger partial charge in [0.15, 0.2) is 5.78 Å². The fourth-order valence-corrected chi connectivity index (χ4v) is 1.98. The van der Waals surface area contributed by atoms with E-state index >= 15 is 0 Å². The summed E-state index contributed by atoms with van der Waals surface area (Å²) in [5, 5.41) is -0.128. The maximum atomic E-state index is 13.3. The molecule has 0 spiro atoms. The third kappa shape index (κ3) is 2.43. The minimum Gasteiger partial charge on any atom is -0.335 e. The van der Waals surface area contributed by atoms with Gasteiger partial charge in [-0.15, -0.1) is 0 Å². The van der Waals surface area contributed by atoms with E-state index in [4.69, 9.17) is 11.6 Å². The molecule has 0 saturated carbocycles. The number of rotatable bonds is 4. The van der Waals surface area contributed by atoms with E-state index in [1.165, 1.54) is 18.2 Å². The van der Waals surface area contributed by atoms with Crippen LogP contribution in [-0.2, 0) is 13.0 Å². The molecule has 0 bridgehead atoms. The normalized spacial score (nSPS) is 10.6. The van der Waals surface area contributed by atoms with Gasteiger partial charge in [0, 0.05) is 24.5 Å². The van der Waals surface area contributed by atoms with Gasteiger partial charge in [-0.05, 0) is 19.1 Å². The van der Waals surface area contributed by atoms with Crippen LogP contribution in [0.4, 0.5) is 4.39 Å². The maximum absolute atomic E-state index is 13.3. The SMILES string of the molecule is CCn1ccnc1CC(=O)c1cccc(F)c1Cl. The van der Waals surface area contributed by atoms with E-state index in [9.17, 15) is 9.18 Å². The average molecular weight is 267 g/mol. The van der Waals surface area contributed by atoms with Crippen molar-refractivity contribution in [2.45, 2.75) is 19.9 Å². The lowest BCUT2D eigenvalue weighted by atomic mass is 10.1. The molecule has 0 aliphatic heterocycles. The molecule has 0 saturated heterocycles. The van der Waals surface area contributed by atoms with Crippen LogP contribution in [0, 0.1) is 5.82 Å². The van der Waals surface area contributed by atoms with E-state index in [-0.39, 0.29) is 22.8 Å². The summed E-state index contributed by atoms with van der Waals surface area (Å²) >= 11 is 5.78. The first-order valence-electron chi connectivity index (χ1n) is 5.60. The summed E-state index contributed by atoms with van der Waals surface area (Å²) in [6.45, 7) is 2.70. The van der Waals surface area contributed by atoms with Crippen molar-refractivity contribution in [1.82, 2.24) is 9.55 Å². The van der Waals surface area contributed by atoms with Crippen LogP contribution in [0.5, 0.6) is 0 Å². The second-order valence-corrected chi connectivity index (χ2v) is 4.21. The maximum Gasteiger partial charge on any atom is 0.171 e. The van der Waals surface area contributed by atoms with E-state index in [1.807, 2.05) is 11.5 Å². The third-order valence-electron chi connectivity index (χ3n) is 2.71. The van der Waals surface area contributed by atoms with Crippen LogP contribution in [0.1, 0.15) is 23.1 Å². The van der Waals surface area contributed by atoms with Crippen LogP contribution in [0.15, 0.2) is 30.6 Å². The average Bonchev–Trinajstić information content (AvgIpc) is 2.79. The number of carbonyl (C=O) groups excluding carboxylic acids is 1. The standard InChI is InChI=1S/C13H12ClFN2O/c1-2-17-7-6-16-12(17)8-11(18)9-4-3-5-10(15)13(9)14/h3-7H,2,8H2,1H3.